The van der Waals surface area contributed by atoms with Gasteiger partial charge in [0, 0.05) is 7.11 Å². The lowest BCUT2D eigenvalue weighted by Crippen LogP contribution is -2.43. The summed E-state index contributed by atoms with van der Waals surface area (Å²) in [6.45, 7) is 0.243. The number of nitrogens with one attached hydrogen (secondary N) is 1. The lowest BCUT2D eigenvalue weighted by atomic mass is 10.2. The first kappa shape index (κ1) is 15.8. The molecule has 0 aliphatic carbocycles. The molecule has 21 heavy (non-hydrogen) atoms. The maximum atomic E-state index is 11.8. The molecule has 1 fully saturated rings. The first-order chi connectivity index (χ1) is 10.00. The van der Waals surface area contributed by atoms with E-state index in [0.29, 0.717) is 5.75 Å². The van der Waals surface area contributed by atoms with Gasteiger partial charge in [-0.15, -0.1) is 0 Å². The smallest absolute Gasteiger partial charge is 0.223 e. The molecule has 0 saturated carbocycles. The van der Waals surface area contributed by atoms with Gasteiger partial charge in [0.1, 0.15) is 5.75 Å². The number of para-hydroxylation sites is 1. The average Bonchev–Trinajstić information content (AvgIpc) is 2.74. The van der Waals surface area contributed by atoms with E-state index in [-0.39, 0.29) is 30.4 Å². The van der Waals surface area contributed by atoms with Crippen LogP contribution in [0, 0.1) is 0 Å². The summed E-state index contributed by atoms with van der Waals surface area (Å²) in [6.07, 6.45) is -0.309. The fourth-order valence-corrected chi connectivity index (χ4v) is 4.09. The Morgan fingerprint density at radius 2 is 2.00 bits per heavy atom. The standard InChI is InChI=1S/C14H19NO5S/c1-19-13-10-21(17,18)9-12(13)15-14(16)7-8-20-11-5-3-2-4-6-11/h2-6,12-13H,7-10H2,1H3,(H,15,16)/t12-,13-/m1/s1. The molecule has 1 aliphatic rings. The number of rotatable bonds is 6. The molecule has 1 saturated heterocycles. The molecule has 2 rings (SSSR count). The van der Waals surface area contributed by atoms with E-state index in [4.69, 9.17) is 9.47 Å². The maximum Gasteiger partial charge on any atom is 0.223 e. The number of benzene rings is 1. The molecule has 6 nitrogen and oxygen atoms in total. The van der Waals surface area contributed by atoms with E-state index in [9.17, 15) is 13.2 Å². The summed E-state index contributed by atoms with van der Waals surface area (Å²) < 4.78 is 33.6. The molecule has 1 aromatic carbocycles. The molecule has 0 bridgehead atoms. The predicted octanol–water partition coefficient (Wildman–Crippen LogP) is 0.384. The Kier molecular flexibility index (Phi) is 5.19. The molecule has 1 aromatic rings. The SMILES string of the molecule is CO[C@@H]1CS(=O)(=O)C[C@H]1NC(=O)CCOc1ccccc1. The van der Waals surface area contributed by atoms with Crippen LogP contribution in [-0.2, 0) is 19.4 Å². The normalized spacial score (nSPS) is 23.7. The number of hydrogen-bond acceptors (Lipinski definition) is 5. The van der Waals surface area contributed by atoms with Crippen molar-refractivity contribution in [2.45, 2.75) is 18.6 Å². The summed E-state index contributed by atoms with van der Waals surface area (Å²) in [5.41, 5.74) is 0. The van der Waals surface area contributed by atoms with Gasteiger partial charge in [-0.2, -0.15) is 0 Å². The third-order valence-corrected chi connectivity index (χ3v) is 4.99. The van der Waals surface area contributed by atoms with E-state index in [1.807, 2.05) is 30.3 Å². The zero-order chi connectivity index (χ0) is 15.3. The highest BCUT2D eigenvalue weighted by molar-refractivity contribution is 7.91. The van der Waals surface area contributed by atoms with Crippen molar-refractivity contribution >= 4 is 15.7 Å². The number of ether oxygens (including phenoxy) is 2. The monoisotopic (exact) mass is 313 g/mol. The van der Waals surface area contributed by atoms with Crippen LogP contribution in [0.25, 0.3) is 0 Å². The topological polar surface area (TPSA) is 81.7 Å². The van der Waals surface area contributed by atoms with Crippen LogP contribution in [0.15, 0.2) is 30.3 Å². The molecule has 0 unspecified atom stereocenters. The van der Waals surface area contributed by atoms with Gasteiger partial charge in [-0.25, -0.2) is 8.42 Å². The van der Waals surface area contributed by atoms with E-state index in [1.54, 1.807) is 0 Å². The zero-order valence-electron chi connectivity index (χ0n) is 11.8. The second kappa shape index (κ2) is 6.91. The van der Waals surface area contributed by atoms with Crippen molar-refractivity contribution in [3.63, 3.8) is 0 Å². The Labute approximate surface area is 124 Å². The Balaban J connectivity index is 1.77. The van der Waals surface area contributed by atoms with Crippen LogP contribution in [0.1, 0.15) is 6.42 Å². The van der Waals surface area contributed by atoms with Crippen LogP contribution in [0.5, 0.6) is 5.75 Å². The quantitative estimate of drug-likeness (QED) is 0.821. The summed E-state index contributed by atoms with van der Waals surface area (Å²) in [4.78, 5) is 11.8. The molecule has 1 heterocycles. The molecule has 7 heteroatoms. The lowest BCUT2D eigenvalue weighted by Gasteiger charge is -2.18. The van der Waals surface area contributed by atoms with Crippen LogP contribution in [-0.4, -0.2) is 51.7 Å². The van der Waals surface area contributed by atoms with Crippen molar-refractivity contribution in [2.75, 3.05) is 25.2 Å². The second-order valence-corrected chi connectivity index (χ2v) is 7.09. The number of hydrogen-bond donors (Lipinski definition) is 1. The number of carbonyl (C=O) groups is 1. The van der Waals surface area contributed by atoms with Gasteiger partial charge in [0.05, 0.1) is 36.7 Å². The van der Waals surface area contributed by atoms with E-state index in [2.05, 4.69) is 5.32 Å². The molecule has 116 valence electrons. The van der Waals surface area contributed by atoms with Crippen molar-refractivity contribution in [2.24, 2.45) is 0 Å². The second-order valence-electron chi connectivity index (χ2n) is 4.94. The van der Waals surface area contributed by atoms with Gasteiger partial charge in [-0.1, -0.05) is 18.2 Å². The minimum absolute atomic E-state index is 0.0467. The zero-order valence-corrected chi connectivity index (χ0v) is 12.6. The number of amides is 1. The first-order valence-corrected chi connectivity index (χ1v) is 8.53. The fourth-order valence-electron chi connectivity index (χ4n) is 2.24. The summed E-state index contributed by atoms with van der Waals surface area (Å²) in [5, 5.41) is 2.70. The lowest BCUT2D eigenvalue weighted by molar-refractivity contribution is -0.122. The minimum Gasteiger partial charge on any atom is -0.493 e. The number of methoxy groups -OCH3 is 1. The molecule has 2 atom stereocenters. The van der Waals surface area contributed by atoms with Crippen LogP contribution in [0.3, 0.4) is 0 Å². The van der Waals surface area contributed by atoms with Gasteiger partial charge in [-0.3, -0.25) is 4.79 Å². The van der Waals surface area contributed by atoms with Crippen molar-refractivity contribution in [1.82, 2.24) is 5.32 Å². The van der Waals surface area contributed by atoms with Crippen LogP contribution < -0.4 is 10.1 Å². The highest BCUT2D eigenvalue weighted by atomic mass is 32.2. The van der Waals surface area contributed by atoms with Crippen molar-refractivity contribution in [3.8, 4) is 5.75 Å². The Hall–Kier alpha value is -1.60. The van der Waals surface area contributed by atoms with Gasteiger partial charge in [0.25, 0.3) is 0 Å². The van der Waals surface area contributed by atoms with Gasteiger partial charge in [-0.05, 0) is 12.1 Å². The van der Waals surface area contributed by atoms with Gasteiger partial charge in [0.15, 0.2) is 9.84 Å². The molecule has 0 aromatic heterocycles. The molecule has 0 spiro atoms. The van der Waals surface area contributed by atoms with Crippen LogP contribution in [0.2, 0.25) is 0 Å². The molecule has 1 aliphatic heterocycles. The maximum absolute atomic E-state index is 11.8. The fraction of sp³-hybridized carbons (Fsp3) is 0.500. The van der Waals surface area contributed by atoms with Gasteiger partial charge >= 0.3 is 0 Å². The van der Waals surface area contributed by atoms with Crippen LogP contribution >= 0.6 is 0 Å². The molecule has 0 radical (unpaired) electrons. The van der Waals surface area contributed by atoms with E-state index in [0.717, 1.165) is 0 Å². The highest BCUT2D eigenvalue weighted by Gasteiger charge is 2.38. The molecule has 1 N–H and O–H groups in total. The summed E-state index contributed by atoms with van der Waals surface area (Å²) in [6, 6.07) is 8.71. The molecular weight excluding hydrogens is 294 g/mol. The Morgan fingerprint density at radius 3 is 2.67 bits per heavy atom. The van der Waals surface area contributed by atoms with Crippen molar-refractivity contribution in [1.29, 1.82) is 0 Å². The number of sulfone groups is 1. The average molecular weight is 313 g/mol. The summed E-state index contributed by atoms with van der Waals surface area (Å²) in [5.74, 6) is 0.338. The van der Waals surface area contributed by atoms with Crippen molar-refractivity contribution < 1.29 is 22.7 Å². The summed E-state index contributed by atoms with van der Waals surface area (Å²) in [7, 11) is -1.69. The number of carbonyl (C=O) groups excluding carboxylic acids is 1. The molecular formula is C14H19NO5S. The predicted molar refractivity (Wildman–Crippen MR) is 77.9 cm³/mol. The first-order valence-electron chi connectivity index (χ1n) is 6.70. The highest BCUT2D eigenvalue weighted by Crippen LogP contribution is 2.15. The van der Waals surface area contributed by atoms with E-state index in [1.165, 1.54) is 7.11 Å². The largest absolute Gasteiger partial charge is 0.493 e. The third-order valence-electron chi connectivity index (χ3n) is 3.29. The van der Waals surface area contributed by atoms with Crippen LogP contribution in [0.4, 0.5) is 0 Å². The van der Waals surface area contributed by atoms with Crippen molar-refractivity contribution in [3.05, 3.63) is 30.3 Å². The third kappa shape index (κ3) is 4.71. The minimum atomic E-state index is -3.14. The molecule has 1 amide bonds. The Morgan fingerprint density at radius 1 is 1.29 bits per heavy atom. The van der Waals surface area contributed by atoms with Gasteiger partial charge in [0.2, 0.25) is 5.91 Å². The van der Waals surface area contributed by atoms with Gasteiger partial charge < -0.3 is 14.8 Å². The summed E-state index contributed by atoms with van der Waals surface area (Å²) >= 11 is 0. The Bertz CT molecular complexity index is 572. The van der Waals surface area contributed by atoms with E-state index >= 15 is 0 Å². The van der Waals surface area contributed by atoms with E-state index < -0.39 is 22.0 Å².